The number of halogens is 1. The Morgan fingerprint density at radius 1 is 1.04 bits per heavy atom. The summed E-state index contributed by atoms with van der Waals surface area (Å²) >= 11 is 6.16. The van der Waals surface area contributed by atoms with Crippen molar-refractivity contribution in [3.8, 4) is 5.75 Å². The molecule has 0 fully saturated rings. The smallest absolute Gasteiger partial charge is 0.262 e. The van der Waals surface area contributed by atoms with Crippen LogP contribution in [-0.4, -0.2) is 26.8 Å². The Hall–Kier alpha value is -2.78. The van der Waals surface area contributed by atoms with Crippen molar-refractivity contribution in [2.75, 3.05) is 22.0 Å². The summed E-state index contributed by atoms with van der Waals surface area (Å²) in [6.07, 6.45) is 0.685. The molecule has 0 aliphatic carbocycles. The van der Waals surface area contributed by atoms with Crippen LogP contribution in [0.5, 0.6) is 5.75 Å². The third-order valence-corrected chi connectivity index (χ3v) is 5.87. The summed E-state index contributed by atoms with van der Waals surface area (Å²) in [5.41, 5.74) is 1.87. The van der Waals surface area contributed by atoms with Crippen molar-refractivity contribution in [2.45, 2.75) is 17.7 Å². The van der Waals surface area contributed by atoms with Crippen LogP contribution in [0, 0.1) is 0 Å². The topological polar surface area (TPSA) is 114 Å². The Morgan fingerprint density at radius 3 is 2.67 bits per heavy atom. The van der Waals surface area contributed by atoms with E-state index < -0.39 is 10.0 Å². The highest BCUT2D eigenvalue weighted by molar-refractivity contribution is 7.92. The lowest BCUT2D eigenvalue weighted by atomic mass is 10.0. The van der Waals surface area contributed by atoms with Gasteiger partial charge in [-0.05, 0) is 36.2 Å². The number of aryl methyl sites for hydroxylation is 1. The first-order valence-corrected chi connectivity index (χ1v) is 9.90. The largest absolute Gasteiger partial charge is 0.482 e. The fourth-order valence-electron chi connectivity index (χ4n) is 2.93. The number of rotatable bonds is 3. The molecule has 0 spiro atoms. The summed E-state index contributed by atoms with van der Waals surface area (Å²) < 4.78 is 33.3. The average Bonchev–Trinajstić information content (AvgIpc) is 2.62. The predicted molar refractivity (Wildman–Crippen MR) is 99.8 cm³/mol. The van der Waals surface area contributed by atoms with Crippen molar-refractivity contribution >= 4 is 50.5 Å². The van der Waals surface area contributed by atoms with Crippen molar-refractivity contribution in [1.82, 2.24) is 0 Å². The minimum atomic E-state index is -3.91. The van der Waals surface area contributed by atoms with E-state index in [4.69, 9.17) is 16.3 Å². The minimum absolute atomic E-state index is 0.00524. The number of sulfonamides is 1. The van der Waals surface area contributed by atoms with Crippen LogP contribution >= 0.6 is 11.6 Å². The van der Waals surface area contributed by atoms with Crippen LogP contribution in [0.3, 0.4) is 0 Å². The summed E-state index contributed by atoms with van der Waals surface area (Å²) in [7, 11) is -3.91. The molecule has 10 heteroatoms. The first-order valence-electron chi connectivity index (χ1n) is 8.04. The van der Waals surface area contributed by atoms with E-state index in [9.17, 15) is 18.0 Å². The van der Waals surface area contributed by atoms with Crippen molar-refractivity contribution in [1.29, 1.82) is 0 Å². The van der Waals surface area contributed by atoms with Gasteiger partial charge in [-0.2, -0.15) is 0 Å². The molecule has 0 bridgehead atoms. The Bertz CT molecular complexity index is 1080. The Morgan fingerprint density at radius 2 is 1.85 bits per heavy atom. The first kappa shape index (κ1) is 17.6. The summed E-state index contributed by atoms with van der Waals surface area (Å²) in [5, 5.41) is 5.46. The van der Waals surface area contributed by atoms with Crippen molar-refractivity contribution in [2.24, 2.45) is 0 Å². The summed E-state index contributed by atoms with van der Waals surface area (Å²) in [4.78, 5) is 22.8. The molecule has 2 aromatic rings. The molecule has 0 saturated heterocycles. The number of nitrogens with one attached hydrogen (secondary N) is 3. The molecule has 2 aliphatic rings. The molecule has 0 radical (unpaired) electrons. The van der Waals surface area contributed by atoms with Gasteiger partial charge in [0.1, 0.15) is 5.75 Å². The van der Waals surface area contributed by atoms with Gasteiger partial charge in [-0.1, -0.05) is 11.6 Å². The zero-order valence-electron chi connectivity index (χ0n) is 13.8. The van der Waals surface area contributed by atoms with Gasteiger partial charge in [0.05, 0.1) is 27.0 Å². The molecule has 8 nitrogen and oxygen atoms in total. The zero-order chi connectivity index (χ0) is 19.2. The molecule has 0 atom stereocenters. The highest BCUT2D eigenvalue weighted by Crippen LogP contribution is 2.35. The van der Waals surface area contributed by atoms with Crippen LogP contribution in [0.15, 0.2) is 35.2 Å². The maximum Gasteiger partial charge on any atom is 0.262 e. The molecule has 0 saturated carbocycles. The molecule has 2 aliphatic heterocycles. The molecule has 3 N–H and O–H groups in total. The maximum atomic E-state index is 12.8. The van der Waals surface area contributed by atoms with E-state index in [1.165, 1.54) is 24.3 Å². The number of fused-ring (bicyclic) bond motifs is 2. The Labute approximate surface area is 159 Å². The number of benzene rings is 2. The first-order chi connectivity index (χ1) is 12.8. The van der Waals surface area contributed by atoms with Crippen LogP contribution in [0.4, 0.5) is 17.1 Å². The SMILES string of the molecule is O=C1COc2cc(NS(=O)(=O)c3cc(Cl)c4c(c3)CCC(=O)N4)ccc2N1. The summed E-state index contributed by atoms with van der Waals surface area (Å²) in [6, 6.07) is 7.36. The van der Waals surface area contributed by atoms with Crippen LogP contribution in [-0.2, 0) is 26.0 Å². The number of anilines is 3. The molecule has 4 rings (SSSR count). The second kappa shape index (κ2) is 6.43. The number of carbonyl (C=O) groups is 2. The molecule has 0 unspecified atom stereocenters. The Kier molecular flexibility index (Phi) is 4.20. The van der Waals surface area contributed by atoms with Crippen molar-refractivity contribution in [3.05, 3.63) is 40.9 Å². The number of ether oxygens (including phenoxy) is 1. The van der Waals surface area contributed by atoms with Crippen LogP contribution in [0.1, 0.15) is 12.0 Å². The van der Waals surface area contributed by atoms with Gasteiger partial charge in [0, 0.05) is 12.5 Å². The maximum absolute atomic E-state index is 12.8. The van der Waals surface area contributed by atoms with Gasteiger partial charge in [-0.3, -0.25) is 14.3 Å². The van der Waals surface area contributed by atoms with Crippen molar-refractivity contribution < 1.29 is 22.7 Å². The molecule has 0 aromatic heterocycles. The highest BCUT2D eigenvalue weighted by Gasteiger charge is 2.24. The van der Waals surface area contributed by atoms with Gasteiger partial charge in [0.2, 0.25) is 5.91 Å². The van der Waals surface area contributed by atoms with Gasteiger partial charge in [0.25, 0.3) is 15.9 Å². The predicted octanol–water partition coefficient (Wildman–Crippen LogP) is 2.36. The normalized spacial score (nSPS) is 15.7. The van der Waals surface area contributed by atoms with E-state index in [1.54, 1.807) is 6.07 Å². The monoisotopic (exact) mass is 407 g/mol. The van der Waals surface area contributed by atoms with E-state index in [0.717, 1.165) is 0 Å². The number of hydrogen-bond donors (Lipinski definition) is 3. The lowest BCUT2D eigenvalue weighted by Gasteiger charge is -2.20. The zero-order valence-corrected chi connectivity index (χ0v) is 15.4. The van der Waals surface area contributed by atoms with Crippen LogP contribution < -0.4 is 20.1 Å². The third-order valence-electron chi connectivity index (χ3n) is 4.21. The van der Waals surface area contributed by atoms with Gasteiger partial charge < -0.3 is 15.4 Å². The lowest BCUT2D eigenvalue weighted by Crippen LogP contribution is -2.25. The lowest BCUT2D eigenvalue weighted by molar-refractivity contribution is -0.118. The second-order valence-electron chi connectivity index (χ2n) is 6.14. The number of hydrogen-bond acceptors (Lipinski definition) is 5. The van der Waals surface area contributed by atoms with E-state index >= 15 is 0 Å². The fraction of sp³-hybridized carbons (Fsp3) is 0.176. The van der Waals surface area contributed by atoms with E-state index in [0.29, 0.717) is 29.1 Å². The average molecular weight is 408 g/mol. The van der Waals surface area contributed by atoms with Gasteiger partial charge in [0.15, 0.2) is 6.61 Å². The van der Waals surface area contributed by atoms with Crippen LogP contribution in [0.2, 0.25) is 5.02 Å². The molecular weight excluding hydrogens is 394 g/mol. The van der Waals surface area contributed by atoms with Gasteiger partial charge >= 0.3 is 0 Å². The van der Waals surface area contributed by atoms with Gasteiger partial charge in [-0.25, -0.2) is 8.42 Å². The second-order valence-corrected chi connectivity index (χ2v) is 8.23. The van der Waals surface area contributed by atoms with E-state index in [-0.39, 0.29) is 40.4 Å². The van der Waals surface area contributed by atoms with Crippen LogP contribution in [0.25, 0.3) is 0 Å². The van der Waals surface area contributed by atoms with Crippen molar-refractivity contribution in [3.63, 3.8) is 0 Å². The molecular formula is C17H14ClN3O5S. The highest BCUT2D eigenvalue weighted by atomic mass is 35.5. The standard InChI is InChI=1S/C17H14ClN3O5S/c18-12-7-11(5-9-1-4-15(22)20-17(9)12)27(24,25)21-10-2-3-13-14(6-10)26-8-16(23)19-13/h2-3,5-7,21H,1,4,8H2,(H,19,23)(H,20,22). The van der Waals surface area contributed by atoms with E-state index in [1.807, 2.05) is 0 Å². The van der Waals surface area contributed by atoms with E-state index in [2.05, 4.69) is 15.4 Å². The molecule has 140 valence electrons. The number of amides is 2. The third kappa shape index (κ3) is 3.43. The quantitative estimate of drug-likeness (QED) is 0.722. The minimum Gasteiger partial charge on any atom is -0.482 e. The summed E-state index contributed by atoms with van der Waals surface area (Å²) in [6.45, 7) is -0.130. The fourth-order valence-corrected chi connectivity index (χ4v) is 4.41. The molecule has 2 aromatic carbocycles. The summed E-state index contributed by atoms with van der Waals surface area (Å²) in [5.74, 6) is -0.0492. The molecule has 2 heterocycles. The van der Waals surface area contributed by atoms with Gasteiger partial charge in [-0.15, -0.1) is 0 Å². The molecule has 27 heavy (non-hydrogen) atoms. The molecule has 2 amide bonds. The number of carbonyl (C=O) groups excluding carboxylic acids is 2. The Balaban J connectivity index is 1.64.